The van der Waals surface area contributed by atoms with Gasteiger partial charge in [0.15, 0.2) is 0 Å². The van der Waals surface area contributed by atoms with Crippen LogP contribution < -0.4 is 5.32 Å². The third-order valence-corrected chi connectivity index (χ3v) is 6.02. The minimum atomic E-state index is -1.03. The van der Waals surface area contributed by atoms with Crippen LogP contribution in [0.1, 0.15) is 84.2 Å². The highest BCUT2D eigenvalue weighted by Gasteiger charge is 2.20. The molecule has 168 valence electrons. The lowest BCUT2D eigenvalue weighted by Crippen LogP contribution is -2.40. The van der Waals surface area contributed by atoms with Gasteiger partial charge in [-0.2, -0.15) is 5.26 Å². The number of carbonyl (C=O) groups is 2. The Hall–Kier alpha value is -3.20. The summed E-state index contributed by atoms with van der Waals surface area (Å²) >= 11 is 0. The van der Waals surface area contributed by atoms with Gasteiger partial charge in [-0.3, -0.25) is 9.78 Å². The van der Waals surface area contributed by atoms with Crippen LogP contribution in [0.4, 0.5) is 0 Å². The third kappa shape index (κ3) is 6.91. The number of nitrogens with zero attached hydrogens (tertiary/aromatic N) is 2. The van der Waals surface area contributed by atoms with Crippen molar-refractivity contribution in [3.8, 4) is 6.07 Å². The van der Waals surface area contributed by atoms with Gasteiger partial charge in [0.1, 0.15) is 6.04 Å². The molecule has 6 nitrogen and oxygen atoms in total. The van der Waals surface area contributed by atoms with Gasteiger partial charge in [-0.1, -0.05) is 37.8 Å². The van der Waals surface area contributed by atoms with E-state index in [1.807, 2.05) is 6.07 Å². The van der Waals surface area contributed by atoms with Crippen LogP contribution in [0.5, 0.6) is 0 Å². The number of hydrogen-bond acceptors (Lipinski definition) is 4. The van der Waals surface area contributed by atoms with Gasteiger partial charge in [-0.15, -0.1) is 0 Å². The summed E-state index contributed by atoms with van der Waals surface area (Å²) in [5.41, 5.74) is 4.55. The number of aryl methyl sites for hydroxylation is 3. The molecule has 0 radical (unpaired) electrons. The Bertz CT molecular complexity index is 981. The van der Waals surface area contributed by atoms with Crippen molar-refractivity contribution >= 4 is 11.9 Å². The van der Waals surface area contributed by atoms with Gasteiger partial charge in [0.2, 0.25) is 0 Å². The molecule has 6 heteroatoms. The van der Waals surface area contributed by atoms with Crippen LogP contribution in [0.15, 0.2) is 36.4 Å². The summed E-state index contributed by atoms with van der Waals surface area (Å²) in [6, 6.07) is 11.7. The van der Waals surface area contributed by atoms with Crippen molar-refractivity contribution < 1.29 is 14.7 Å². The predicted octanol–water partition coefficient (Wildman–Crippen LogP) is 4.60. The molecular weight excluding hydrogens is 402 g/mol. The molecule has 0 bridgehead atoms. The molecule has 1 aromatic carbocycles. The van der Waals surface area contributed by atoms with Crippen molar-refractivity contribution in [2.75, 3.05) is 0 Å². The Morgan fingerprint density at radius 3 is 2.66 bits per heavy atom. The van der Waals surface area contributed by atoms with Crippen molar-refractivity contribution in [3.63, 3.8) is 0 Å². The molecular formula is C26H31N3O3. The first-order valence-electron chi connectivity index (χ1n) is 11.6. The molecule has 0 saturated carbocycles. The number of carbonyl (C=O) groups excluding carboxylic acids is 1. The third-order valence-electron chi connectivity index (χ3n) is 6.02. The summed E-state index contributed by atoms with van der Waals surface area (Å²) in [5, 5.41) is 21.0. The number of amides is 1. The van der Waals surface area contributed by atoms with Gasteiger partial charge in [0.25, 0.3) is 5.91 Å². The number of aromatic nitrogens is 1. The maximum Gasteiger partial charge on any atom is 0.326 e. The van der Waals surface area contributed by atoms with Gasteiger partial charge >= 0.3 is 5.97 Å². The molecule has 1 aliphatic carbocycles. The molecule has 1 aromatic heterocycles. The first kappa shape index (κ1) is 23.5. The minimum Gasteiger partial charge on any atom is -0.480 e. The van der Waals surface area contributed by atoms with Crippen LogP contribution in [0, 0.1) is 11.3 Å². The van der Waals surface area contributed by atoms with E-state index in [4.69, 9.17) is 10.2 Å². The summed E-state index contributed by atoms with van der Waals surface area (Å²) in [7, 11) is 0. The van der Waals surface area contributed by atoms with Crippen LogP contribution in [-0.2, 0) is 24.1 Å². The number of pyridine rings is 1. The predicted molar refractivity (Wildman–Crippen MR) is 122 cm³/mol. The summed E-state index contributed by atoms with van der Waals surface area (Å²) in [6.07, 6.45) is 11.0. The second kappa shape index (κ2) is 12.0. The molecule has 3 rings (SSSR count). The first-order chi connectivity index (χ1) is 15.6. The standard InChI is InChI=1S/C26H31N3O3/c27-18-19-9-8-11-21(17-19)25(30)29-24(26(31)32)14-5-3-1-2-4-12-22-16-15-20-10-6-7-13-23(20)28-22/h8-9,11,15-17,24H,1-7,10,12-14H2,(H,29,30)(H,31,32). The molecule has 1 aliphatic rings. The smallest absolute Gasteiger partial charge is 0.326 e. The van der Waals surface area contributed by atoms with E-state index < -0.39 is 17.9 Å². The molecule has 0 aliphatic heterocycles. The summed E-state index contributed by atoms with van der Waals surface area (Å²) in [4.78, 5) is 28.7. The van der Waals surface area contributed by atoms with Crippen LogP contribution in [0.3, 0.4) is 0 Å². The van der Waals surface area contributed by atoms with Crippen molar-refractivity contribution in [1.29, 1.82) is 5.26 Å². The number of unbranched alkanes of at least 4 members (excludes halogenated alkanes) is 4. The maximum absolute atomic E-state index is 12.3. The molecule has 1 atom stereocenters. The second-order valence-corrected chi connectivity index (χ2v) is 8.48. The number of fused-ring (bicyclic) bond motifs is 1. The SMILES string of the molecule is N#Cc1cccc(C(=O)NC(CCCCCCCc2ccc3c(n2)CCCC3)C(=O)O)c1. The van der Waals surface area contributed by atoms with Crippen molar-refractivity contribution in [3.05, 3.63) is 64.5 Å². The van der Waals surface area contributed by atoms with E-state index in [-0.39, 0.29) is 0 Å². The number of hydrogen-bond donors (Lipinski definition) is 2. The maximum atomic E-state index is 12.3. The van der Waals surface area contributed by atoms with Crippen LogP contribution in [-0.4, -0.2) is 28.0 Å². The van der Waals surface area contributed by atoms with E-state index in [1.54, 1.807) is 18.2 Å². The van der Waals surface area contributed by atoms with Gasteiger partial charge in [0.05, 0.1) is 11.6 Å². The molecule has 2 N–H and O–H groups in total. The fourth-order valence-corrected chi connectivity index (χ4v) is 4.18. The lowest BCUT2D eigenvalue weighted by molar-refractivity contribution is -0.139. The van der Waals surface area contributed by atoms with Gasteiger partial charge in [-0.25, -0.2) is 4.79 Å². The largest absolute Gasteiger partial charge is 0.480 e. The molecule has 1 heterocycles. The average molecular weight is 434 g/mol. The van der Waals surface area contributed by atoms with Gasteiger partial charge in [-0.05, 0) is 74.8 Å². The molecule has 0 saturated heterocycles. The lowest BCUT2D eigenvalue weighted by atomic mass is 9.95. The fourth-order valence-electron chi connectivity index (χ4n) is 4.18. The monoisotopic (exact) mass is 433 g/mol. The quantitative estimate of drug-likeness (QED) is 0.504. The zero-order valence-corrected chi connectivity index (χ0v) is 18.5. The fraction of sp³-hybridized carbons (Fsp3) is 0.462. The topological polar surface area (TPSA) is 103 Å². The van der Waals surface area contributed by atoms with Gasteiger partial charge < -0.3 is 10.4 Å². The van der Waals surface area contributed by atoms with E-state index in [9.17, 15) is 14.7 Å². The Balaban J connectivity index is 1.34. The van der Waals surface area contributed by atoms with Crippen molar-refractivity contribution in [2.24, 2.45) is 0 Å². The number of nitrogens with one attached hydrogen (secondary N) is 1. The Labute approximate surface area is 189 Å². The molecule has 0 fully saturated rings. The first-order valence-corrected chi connectivity index (χ1v) is 11.6. The molecule has 2 aromatic rings. The van der Waals surface area contributed by atoms with E-state index in [0.717, 1.165) is 51.4 Å². The highest BCUT2D eigenvalue weighted by molar-refractivity contribution is 5.96. The second-order valence-electron chi connectivity index (χ2n) is 8.48. The number of carboxylic acid groups (broad SMARTS) is 1. The Kier molecular flexibility index (Phi) is 8.79. The molecule has 1 unspecified atom stereocenters. The van der Waals surface area contributed by atoms with Crippen molar-refractivity contribution in [1.82, 2.24) is 10.3 Å². The zero-order valence-electron chi connectivity index (χ0n) is 18.5. The molecule has 32 heavy (non-hydrogen) atoms. The highest BCUT2D eigenvalue weighted by atomic mass is 16.4. The number of carboxylic acids is 1. The van der Waals surface area contributed by atoms with E-state index >= 15 is 0 Å². The van der Waals surface area contributed by atoms with Crippen LogP contribution in [0.25, 0.3) is 0 Å². The molecule has 1 amide bonds. The van der Waals surface area contributed by atoms with E-state index in [2.05, 4.69) is 17.4 Å². The zero-order chi connectivity index (χ0) is 22.8. The number of nitriles is 1. The number of rotatable bonds is 11. The normalized spacial score (nSPS) is 13.6. The van der Waals surface area contributed by atoms with Crippen LogP contribution in [0.2, 0.25) is 0 Å². The summed E-state index contributed by atoms with van der Waals surface area (Å²) in [5.74, 6) is -1.50. The van der Waals surface area contributed by atoms with Gasteiger partial charge in [0, 0.05) is 17.0 Å². The van der Waals surface area contributed by atoms with Crippen LogP contribution >= 0.6 is 0 Å². The number of benzene rings is 1. The minimum absolute atomic E-state index is 0.297. The van der Waals surface area contributed by atoms with Crippen molar-refractivity contribution in [2.45, 2.75) is 76.7 Å². The summed E-state index contributed by atoms with van der Waals surface area (Å²) < 4.78 is 0. The van der Waals surface area contributed by atoms with E-state index in [0.29, 0.717) is 17.5 Å². The van der Waals surface area contributed by atoms with E-state index in [1.165, 1.54) is 35.9 Å². The summed E-state index contributed by atoms with van der Waals surface area (Å²) in [6.45, 7) is 0. The lowest BCUT2D eigenvalue weighted by Gasteiger charge is -2.15. The number of aliphatic carboxylic acids is 1. The average Bonchev–Trinajstić information content (AvgIpc) is 2.82. The molecule has 0 spiro atoms. The Morgan fingerprint density at radius 2 is 1.84 bits per heavy atom. The Morgan fingerprint density at radius 1 is 1.06 bits per heavy atom. The highest BCUT2D eigenvalue weighted by Crippen LogP contribution is 2.20.